The summed E-state index contributed by atoms with van der Waals surface area (Å²) in [5.74, 6) is 0. The summed E-state index contributed by atoms with van der Waals surface area (Å²) in [4.78, 5) is 0. The Morgan fingerprint density at radius 2 is 1.40 bits per heavy atom. The van der Waals surface area contributed by atoms with Crippen molar-refractivity contribution in [2.24, 2.45) is 0 Å². The zero-order valence-electron chi connectivity index (χ0n) is 7.09. The summed E-state index contributed by atoms with van der Waals surface area (Å²) < 4.78 is 0. The average molecular weight is 149 g/mol. The van der Waals surface area contributed by atoms with Gasteiger partial charge >= 0.3 is 0 Å². The maximum absolute atomic E-state index is 8.85. The molecule has 0 aliphatic heterocycles. The number of hydrogen-bond acceptors (Lipinski definition) is 2. The van der Waals surface area contributed by atoms with Crippen molar-refractivity contribution >= 4 is 0 Å². The molecule has 0 spiro atoms. The van der Waals surface area contributed by atoms with E-state index in [9.17, 15) is 0 Å². The fourth-order valence-corrected chi connectivity index (χ4v) is 1.02. The number of hydrogen-bond donors (Lipinski definition) is 2. The van der Waals surface area contributed by atoms with Crippen LogP contribution in [0.1, 0.15) is 40.0 Å². The van der Waals surface area contributed by atoms with Crippen LogP contribution in [0.15, 0.2) is 0 Å². The minimum absolute atomic E-state index is 0. The Bertz CT molecular complexity index is 54.5. The zero-order chi connectivity index (χ0) is 7.33. The Hall–Kier alpha value is -0.120. The van der Waals surface area contributed by atoms with Gasteiger partial charge in [0.25, 0.3) is 0 Å². The van der Waals surface area contributed by atoms with Crippen molar-refractivity contribution in [3.05, 3.63) is 0 Å². The molecule has 0 aliphatic rings. The second-order valence-corrected chi connectivity index (χ2v) is 2.55. The SMILES string of the molecule is CCC(CC)(CC)[NH2+]O.[OH-]. The molecule has 64 valence electrons. The molecule has 0 unspecified atom stereocenters. The fraction of sp³-hybridized carbons (Fsp3) is 1.00. The molecule has 0 aromatic carbocycles. The van der Waals surface area contributed by atoms with Crippen LogP contribution >= 0.6 is 0 Å². The molecule has 0 atom stereocenters. The normalized spacial score (nSPS) is 10.8. The van der Waals surface area contributed by atoms with Gasteiger partial charge in [-0.15, -0.1) is 0 Å². The highest BCUT2D eigenvalue weighted by Gasteiger charge is 2.26. The van der Waals surface area contributed by atoms with Crippen LogP contribution < -0.4 is 5.48 Å². The van der Waals surface area contributed by atoms with Gasteiger partial charge < -0.3 is 5.48 Å². The molecule has 0 saturated carbocycles. The Kier molecular flexibility index (Phi) is 7.09. The standard InChI is InChI=1S/C7H17NO.H2O/c1-4-7(5-2,6-3)8-9;/h8-9H,4-6H2,1-3H3;1H2. The lowest BCUT2D eigenvalue weighted by atomic mass is 9.91. The summed E-state index contributed by atoms with van der Waals surface area (Å²) in [6.45, 7) is 6.33. The number of hydroxylamine groups is 1. The molecule has 10 heavy (non-hydrogen) atoms. The first-order valence-electron chi connectivity index (χ1n) is 3.73. The van der Waals surface area contributed by atoms with E-state index in [4.69, 9.17) is 5.21 Å². The van der Waals surface area contributed by atoms with Gasteiger partial charge in [0, 0.05) is 19.3 Å². The summed E-state index contributed by atoms with van der Waals surface area (Å²) in [5.41, 5.74) is 1.45. The molecule has 0 fully saturated rings. The third-order valence-electron chi connectivity index (χ3n) is 2.39. The van der Waals surface area contributed by atoms with E-state index in [0.717, 1.165) is 19.3 Å². The van der Waals surface area contributed by atoms with E-state index >= 15 is 0 Å². The van der Waals surface area contributed by atoms with Gasteiger partial charge in [-0.1, -0.05) is 20.8 Å². The minimum Gasteiger partial charge on any atom is -0.870 e. The molecule has 0 aromatic rings. The highest BCUT2D eigenvalue weighted by molar-refractivity contribution is 4.69. The lowest BCUT2D eigenvalue weighted by Gasteiger charge is -2.23. The van der Waals surface area contributed by atoms with Crippen molar-refractivity contribution in [1.82, 2.24) is 0 Å². The maximum Gasteiger partial charge on any atom is 0.124 e. The molecule has 0 aliphatic carbocycles. The lowest BCUT2D eigenvalue weighted by molar-refractivity contribution is -0.936. The molecule has 0 rings (SSSR count). The van der Waals surface area contributed by atoms with Crippen LogP contribution in [0.3, 0.4) is 0 Å². The summed E-state index contributed by atoms with van der Waals surface area (Å²) in [7, 11) is 0. The van der Waals surface area contributed by atoms with Gasteiger partial charge in [0.2, 0.25) is 0 Å². The summed E-state index contributed by atoms with van der Waals surface area (Å²) >= 11 is 0. The molecular formula is C7H19NO2. The first-order valence-corrected chi connectivity index (χ1v) is 3.73. The van der Waals surface area contributed by atoms with Gasteiger partial charge in [0.15, 0.2) is 0 Å². The molecule has 4 N–H and O–H groups in total. The van der Waals surface area contributed by atoms with Crippen LogP contribution in [-0.2, 0) is 0 Å². The van der Waals surface area contributed by atoms with Crippen molar-refractivity contribution in [3.8, 4) is 0 Å². The van der Waals surface area contributed by atoms with Gasteiger partial charge in [0.1, 0.15) is 5.54 Å². The van der Waals surface area contributed by atoms with E-state index in [-0.39, 0.29) is 11.0 Å². The Labute approximate surface area is 62.7 Å². The Balaban J connectivity index is 0. The fourth-order valence-electron chi connectivity index (χ4n) is 1.02. The van der Waals surface area contributed by atoms with Gasteiger partial charge in [-0.05, 0) is 0 Å². The predicted octanol–water partition coefficient (Wildman–Crippen LogP) is 0.731. The Morgan fingerprint density at radius 3 is 1.40 bits per heavy atom. The van der Waals surface area contributed by atoms with Crippen LogP contribution in [0, 0.1) is 0 Å². The number of quaternary nitrogens is 1. The third kappa shape index (κ3) is 2.64. The predicted molar refractivity (Wildman–Crippen MR) is 39.3 cm³/mol. The number of rotatable bonds is 4. The molecular weight excluding hydrogens is 130 g/mol. The lowest BCUT2D eigenvalue weighted by Crippen LogP contribution is -2.94. The molecule has 3 heteroatoms. The second kappa shape index (κ2) is 5.65. The smallest absolute Gasteiger partial charge is 0.124 e. The van der Waals surface area contributed by atoms with Crippen LogP contribution in [0.25, 0.3) is 0 Å². The molecule has 0 heterocycles. The van der Waals surface area contributed by atoms with Crippen LogP contribution in [0.2, 0.25) is 0 Å². The maximum atomic E-state index is 8.85. The molecule has 0 saturated heterocycles. The second-order valence-electron chi connectivity index (χ2n) is 2.55. The van der Waals surface area contributed by atoms with Crippen molar-refractivity contribution in [2.75, 3.05) is 0 Å². The van der Waals surface area contributed by atoms with Gasteiger partial charge in [0.05, 0.1) is 0 Å². The van der Waals surface area contributed by atoms with Crippen molar-refractivity contribution in [1.29, 1.82) is 0 Å². The van der Waals surface area contributed by atoms with E-state index in [0.29, 0.717) is 0 Å². The molecule has 0 amide bonds. The van der Waals surface area contributed by atoms with Crippen LogP contribution in [-0.4, -0.2) is 16.2 Å². The van der Waals surface area contributed by atoms with E-state index < -0.39 is 0 Å². The highest BCUT2D eigenvalue weighted by atomic mass is 16.5. The van der Waals surface area contributed by atoms with Crippen LogP contribution in [0.5, 0.6) is 0 Å². The Morgan fingerprint density at radius 1 is 1.10 bits per heavy atom. The molecule has 0 bridgehead atoms. The van der Waals surface area contributed by atoms with Crippen molar-refractivity contribution in [2.45, 2.75) is 45.6 Å². The monoisotopic (exact) mass is 149 g/mol. The minimum atomic E-state index is 0. The average Bonchev–Trinajstić information content (AvgIpc) is 1.95. The van der Waals surface area contributed by atoms with Crippen molar-refractivity contribution < 1.29 is 16.2 Å². The third-order valence-corrected chi connectivity index (χ3v) is 2.39. The van der Waals surface area contributed by atoms with Gasteiger partial charge in [-0.3, -0.25) is 0 Å². The summed E-state index contributed by atoms with van der Waals surface area (Å²) in [5, 5.41) is 8.85. The van der Waals surface area contributed by atoms with Crippen LogP contribution in [0.4, 0.5) is 0 Å². The largest absolute Gasteiger partial charge is 0.870 e. The van der Waals surface area contributed by atoms with E-state index in [2.05, 4.69) is 20.8 Å². The summed E-state index contributed by atoms with van der Waals surface area (Å²) in [6, 6.07) is 0. The van der Waals surface area contributed by atoms with E-state index in [1.807, 2.05) is 0 Å². The van der Waals surface area contributed by atoms with E-state index in [1.165, 1.54) is 5.48 Å². The summed E-state index contributed by atoms with van der Waals surface area (Å²) in [6.07, 6.45) is 3.11. The van der Waals surface area contributed by atoms with E-state index in [1.54, 1.807) is 0 Å². The first-order chi connectivity index (χ1) is 4.24. The first kappa shape index (κ1) is 12.5. The number of nitrogens with two attached hydrogens (primary N) is 1. The molecule has 0 aromatic heterocycles. The van der Waals surface area contributed by atoms with Gasteiger partial charge in [-0.2, -0.15) is 5.48 Å². The van der Waals surface area contributed by atoms with Crippen molar-refractivity contribution in [3.63, 3.8) is 0 Å². The quantitative estimate of drug-likeness (QED) is 0.579. The highest BCUT2D eigenvalue weighted by Crippen LogP contribution is 2.12. The zero-order valence-corrected chi connectivity index (χ0v) is 7.09. The topological polar surface area (TPSA) is 66.8 Å². The molecule has 0 radical (unpaired) electrons. The molecule has 3 nitrogen and oxygen atoms in total. The van der Waals surface area contributed by atoms with Gasteiger partial charge in [-0.25, -0.2) is 5.21 Å².